The van der Waals surface area contributed by atoms with Crippen molar-refractivity contribution >= 4 is 5.69 Å². The van der Waals surface area contributed by atoms with Gasteiger partial charge in [-0.3, -0.25) is 0 Å². The van der Waals surface area contributed by atoms with E-state index in [9.17, 15) is 5.11 Å². The van der Waals surface area contributed by atoms with Crippen LogP contribution >= 0.6 is 0 Å². The van der Waals surface area contributed by atoms with Gasteiger partial charge in [-0.25, -0.2) is 0 Å². The average molecular weight is 193 g/mol. The van der Waals surface area contributed by atoms with E-state index in [0.717, 1.165) is 25.3 Å². The van der Waals surface area contributed by atoms with E-state index in [4.69, 9.17) is 4.74 Å². The highest BCUT2D eigenvalue weighted by Gasteiger charge is 2.17. The Balaban J connectivity index is 2.15. The van der Waals surface area contributed by atoms with Gasteiger partial charge < -0.3 is 15.2 Å². The van der Waals surface area contributed by atoms with Gasteiger partial charge in [0.2, 0.25) is 0 Å². The lowest BCUT2D eigenvalue weighted by atomic mass is 9.94. The molecule has 0 spiro atoms. The van der Waals surface area contributed by atoms with E-state index in [0.29, 0.717) is 11.7 Å². The number of fused-ring (bicyclic) bond motifs is 1. The Kier molecular flexibility index (Phi) is 2.59. The van der Waals surface area contributed by atoms with Gasteiger partial charge >= 0.3 is 0 Å². The Morgan fingerprint density at radius 3 is 3.21 bits per heavy atom. The van der Waals surface area contributed by atoms with Gasteiger partial charge in [-0.15, -0.1) is 0 Å². The van der Waals surface area contributed by atoms with Crippen LogP contribution in [0.15, 0.2) is 18.2 Å². The van der Waals surface area contributed by atoms with Crippen LogP contribution in [0.1, 0.15) is 5.56 Å². The van der Waals surface area contributed by atoms with Crippen molar-refractivity contribution in [1.29, 1.82) is 0 Å². The molecule has 0 saturated carbocycles. The molecular formula is C11H15NO2. The Bertz CT molecular complexity index is 325. The highest BCUT2D eigenvalue weighted by atomic mass is 16.5. The lowest BCUT2D eigenvalue weighted by molar-refractivity contribution is 0.156. The highest BCUT2D eigenvalue weighted by Crippen LogP contribution is 2.28. The molecule has 0 aliphatic carbocycles. The highest BCUT2D eigenvalue weighted by molar-refractivity contribution is 5.56. The van der Waals surface area contributed by atoms with Gasteiger partial charge in [-0.2, -0.15) is 0 Å². The maximum Gasteiger partial charge on any atom is 0.117 e. The molecule has 76 valence electrons. The molecule has 1 heterocycles. The van der Waals surface area contributed by atoms with Gasteiger partial charge in [-0.1, -0.05) is 6.07 Å². The first-order valence-corrected chi connectivity index (χ1v) is 4.84. The molecule has 1 aromatic carbocycles. The fourth-order valence-corrected chi connectivity index (χ4v) is 1.90. The van der Waals surface area contributed by atoms with E-state index in [1.54, 1.807) is 19.2 Å². The topological polar surface area (TPSA) is 41.5 Å². The molecule has 0 fully saturated rings. The molecule has 1 unspecified atom stereocenters. The second-order valence-electron chi connectivity index (χ2n) is 3.75. The van der Waals surface area contributed by atoms with Gasteiger partial charge in [0, 0.05) is 31.3 Å². The minimum absolute atomic E-state index is 0.321. The van der Waals surface area contributed by atoms with E-state index in [-0.39, 0.29) is 0 Å². The molecule has 0 bridgehead atoms. The lowest BCUT2D eigenvalue weighted by Crippen LogP contribution is -2.26. The summed E-state index contributed by atoms with van der Waals surface area (Å²) >= 11 is 0. The second kappa shape index (κ2) is 3.88. The molecular weight excluding hydrogens is 178 g/mol. The molecule has 2 rings (SSSR count). The lowest BCUT2D eigenvalue weighted by Gasteiger charge is -2.25. The summed E-state index contributed by atoms with van der Waals surface area (Å²) in [6, 6.07) is 5.48. The molecule has 3 heteroatoms. The van der Waals surface area contributed by atoms with Gasteiger partial charge in [0.05, 0.1) is 6.61 Å². The number of benzene rings is 1. The van der Waals surface area contributed by atoms with Crippen molar-refractivity contribution in [2.45, 2.75) is 6.42 Å². The first kappa shape index (κ1) is 9.34. The number of methoxy groups -OCH3 is 1. The molecule has 1 atom stereocenters. The smallest absolute Gasteiger partial charge is 0.117 e. The van der Waals surface area contributed by atoms with E-state index >= 15 is 0 Å². The van der Waals surface area contributed by atoms with Crippen molar-refractivity contribution < 1.29 is 9.84 Å². The van der Waals surface area contributed by atoms with Crippen LogP contribution in [0.4, 0.5) is 5.69 Å². The second-order valence-corrected chi connectivity index (χ2v) is 3.75. The third-order valence-electron chi connectivity index (χ3n) is 2.59. The zero-order valence-electron chi connectivity index (χ0n) is 8.29. The molecule has 0 saturated heterocycles. The Morgan fingerprint density at radius 1 is 1.57 bits per heavy atom. The summed E-state index contributed by atoms with van der Waals surface area (Å²) in [4.78, 5) is 0. The molecule has 0 aromatic heterocycles. The van der Waals surface area contributed by atoms with Crippen molar-refractivity contribution in [3.8, 4) is 5.75 Å². The van der Waals surface area contributed by atoms with Crippen LogP contribution in [-0.4, -0.2) is 25.4 Å². The minimum Gasteiger partial charge on any atom is -0.508 e. The van der Waals surface area contributed by atoms with Crippen molar-refractivity contribution in [3.05, 3.63) is 23.8 Å². The molecule has 1 aromatic rings. The molecule has 0 radical (unpaired) electrons. The zero-order valence-corrected chi connectivity index (χ0v) is 8.29. The van der Waals surface area contributed by atoms with Gasteiger partial charge in [0.1, 0.15) is 5.75 Å². The number of anilines is 1. The Labute approximate surface area is 83.7 Å². The van der Waals surface area contributed by atoms with Gasteiger partial charge in [0.15, 0.2) is 0 Å². The largest absolute Gasteiger partial charge is 0.508 e. The number of ether oxygens (including phenoxy) is 1. The maximum atomic E-state index is 9.29. The Morgan fingerprint density at radius 2 is 2.43 bits per heavy atom. The summed E-state index contributed by atoms with van der Waals surface area (Å²) in [6.45, 7) is 1.71. The number of nitrogens with one attached hydrogen (secondary N) is 1. The number of hydrogen-bond acceptors (Lipinski definition) is 3. The van der Waals surface area contributed by atoms with Crippen LogP contribution in [0.2, 0.25) is 0 Å². The van der Waals surface area contributed by atoms with E-state index in [1.165, 1.54) is 5.56 Å². The maximum absolute atomic E-state index is 9.29. The minimum atomic E-state index is 0.321. The first-order valence-electron chi connectivity index (χ1n) is 4.84. The summed E-state index contributed by atoms with van der Waals surface area (Å²) in [5, 5.41) is 12.6. The monoisotopic (exact) mass is 193 g/mol. The molecule has 2 N–H and O–H groups in total. The number of rotatable bonds is 2. The fourth-order valence-electron chi connectivity index (χ4n) is 1.90. The SMILES string of the molecule is COCC1CNc2cc(O)ccc2C1. The summed E-state index contributed by atoms with van der Waals surface area (Å²) in [7, 11) is 1.73. The number of phenolic OH excluding ortho intramolecular Hbond substituents is 1. The van der Waals surface area contributed by atoms with Crippen LogP contribution in [-0.2, 0) is 11.2 Å². The van der Waals surface area contributed by atoms with E-state index in [1.807, 2.05) is 6.07 Å². The normalized spacial score (nSPS) is 19.9. The van der Waals surface area contributed by atoms with Crippen LogP contribution < -0.4 is 5.32 Å². The molecule has 1 aliphatic heterocycles. The van der Waals surface area contributed by atoms with Crippen LogP contribution in [0.25, 0.3) is 0 Å². The Hall–Kier alpha value is -1.22. The number of aromatic hydroxyl groups is 1. The predicted molar refractivity (Wildman–Crippen MR) is 55.7 cm³/mol. The van der Waals surface area contributed by atoms with Gasteiger partial charge in [-0.05, 0) is 18.1 Å². The van der Waals surface area contributed by atoms with Crippen LogP contribution in [0, 0.1) is 5.92 Å². The van der Waals surface area contributed by atoms with Crippen molar-refractivity contribution in [2.24, 2.45) is 5.92 Å². The fraction of sp³-hybridized carbons (Fsp3) is 0.455. The summed E-state index contributed by atoms with van der Waals surface area (Å²) in [5.41, 5.74) is 2.31. The molecule has 0 amide bonds. The average Bonchev–Trinajstić information content (AvgIpc) is 2.19. The van der Waals surface area contributed by atoms with Crippen molar-refractivity contribution in [2.75, 3.05) is 25.6 Å². The van der Waals surface area contributed by atoms with E-state index in [2.05, 4.69) is 5.32 Å². The van der Waals surface area contributed by atoms with E-state index < -0.39 is 0 Å². The number of phenols is 1. The summed E-state index contributed by atoms with van der Waals surface area (Å²) < 4.78 is 5.13. The predicted octanol–water partition coefficient (Wildman–Crippen LogP) is 1.62. The molecule has 3 nitrogen and oxygen atoms in total. The third-order valence-corrected chi connectivity index (χ3v) is 2.59. The third kappa shape index (κ3) is 1.82. The standard InChI is InChI=1S/C11H15NO2/c1-14-7-8-4-9-2-3-10(13)5-11(9)12-6-8/h2-3,5,8,12-13H,4,6-7H2,1H3. The summed E-state index contributed by atoms with van der Waals surface area (Å²) in [5.74, 6) is 0.860. The quantitative estimate of drug-likeness (QED) is 0.750. The molecule has 14 heavy (non-hydrogen) atoms. The summed E-state index contributed by atoms with van der Waals surface area (Å²) in [6.07, 6.45) is 1.02. The molecule has 1 aliphatic rings. The van der Waals surface area contributed by atoms with Crippen molar-refractivity contribution in [1.82, 2.24) is 0 Å². The first-order chi connectivity index (χ1) is 6.79. The number of hydrogen-bond donors (Lipinski definition) is 2. The van der Waals surface area contributed by atoms with Crippen LogP contribution in [0.3, 0.4) is 0 Å². The zero-order chi connectivity index (χ0) is 9.97. The van der Waals surface area contributed by atoms with Crippen LogP contribution in [0.5, 0.6) is 5.75 Å². The van der Waals surface area contributed by atoms with Crippen molar-refractivity contribution in [3.63, 3.8) is 0 Å². The van der Waals surface area contributed by atoms with Gasteiger partial charge in [0.25, 0.3) is 0 Å².